The Hall–Kier alpha value is -2.24. The lowest BCUT2D eigenvalue weighted by molar-refractivity contribution is -0.0548. The first-order valence-corrected chi connectivity index (χ1v) is 10.2. The fourth-order valence-electron chi connectivity index (χ4n) is 3.35. The first-order valence-electron chi connectivity index (χ1n) is 9.20. The smallest absolute Gasteiger partial charge is 0.172 e. The Morgan fingerprint density at radius 2 is 1.90 bits per heavy atom. The molecular weight excluding hydrogens is 394 g/mol. The summed E-state index contributed by atoms with van der Waals surface area (Å²) in [5.74, 6) is 1.30. The molecule has 29 heavy (non-hydrogen) atoms. The van der Waals surface area contributed by atoms with E-state index >= 15 is 0 Å². The summed E-state index contributed by atoms with van der Waals surface area (Å²) in [7, 11) is 3.73. The highest BCUT2D eigenvalue weighted by atomic mass is 32.2. The predicted molar refractivity (Wildman–Crippen MR) is 109 cm³/mol. The first kappa shape index (κ1) is 20.0. The van der Waals surface area contributed by atoms with Gasteiger partial charge >= 0.3 is 0 Å². The number of aromatic nitrogens is 4. The van der Waals surface area contributed by atoms with Gasteiger partial charge in [0.2, 0.25) is 0 Å². The van der Waals surface area contributed by atoms with Crippen molar-refractivity contribution < 1.29 is 20.1 Å². The Bertz CT molecular complexity index is 983. The van der Waals surface area contributed by atoms with Crippen LogP contribution in [0.5, 0.6) is 0 Å². The molecule has 3 N–H and O–H groups in total. The van der Waals surface area contributed by atoms with Gasteiger partial charge in [-0.1, -0.05) is 42.1 Å². The standard InChI is InChI=1S/C19H23N5O4S/c1-23(2)16-13-17(21-10-20-16)24(18-15(27)14(26)12(8-25)28-18)19(22-13)29-9-11-6-4-3-5-7-11/h3-7,10,12,14-15,18,25-27H,8-9H2,1-2H3/t12-,14-,15-,18-/m1/s1. The maximum absolute atomic E-state index is 10.6. The fraction of sp³-hybridized carbons (Fsp3) is 0.421. The van der Waals surface area contributed by atoms with Crippen molar-refractivity contribution in [1.29, 1.82) is 0 Å². The van der Waals surface area contributed by atoms with Crippen molar-refractivity contribution in [3.05, 3.63) is 42.2 Å². The van der Waals surface area contributed by atoms with E-state index in [1.807, 2.05) is 49.3 Å². The zero-order chi connectivity index (χ0) is 20.5. The largest absolute Gasteiger partial charge is 0.394 e. The molecule has 1 fully saturated rings. The minimum atomic E-state index is -1.22. The van der Waals surface area contributed by atoms with Crippen molar-refractivity contribution in [1.82, 2.24) is 19.5 Å². The number of benzene rings is 1. The van der Waals surface area contributed by atoms with E-state index in [1.165, 1.54) is 18.1 Å². The number of aliphatic hydroxyl groups is 3. The van der Waals surface area contributed by atoms with Crippen LogP contribution in [0.15, 0.2) is 41.8 Å². The second-order valence-corrected chi connectivity index (χ2v) is 7.97. The van der Waals surface area contributed by atoms with Crippen LogP contribution >= 0.6 is 11.8 Å². The summed E-state index contributed by atoms with van der Waals surface area (Å²) < 4.78 is 7.45. The third-order valence-electron chi connectivity index (χ3n) is 4.83. The maximum atomic E-state index is 10.6. The summed E-state index contributed by atoms with van der Waals surface area (Å²) in [5, 5.41) is 30.9. The van der Waals surface area contributed by atoms with E-state index < -0.39 is 31.1 Å². The molecule has 0 amide bonds. The van der Waals surface area contributed by atoms with Crippen LogP contribution in [0.25, 0.3) is 11.2 Å². The topological polar surface area (TPSA) is 117 Å². The van der Waals surface area contributed by atoms with E-state index in [4.69, 9.17) is 9.72 Å². The quantitative estimate of drug-likeness (QED) is 0.501. The van der Waals surface area contributed by atoms with Gasteiger partial charge < -0.3 is 25.0 Å². The normalized spacial score (nSPS) is 24.3. The lowest BCUT2D eigenvalue weighted by Crippen LogP contribution is -2.33. The number of imidazole rings is 1. The molecule has 154 valence electrons. The van der Waals surface area contributed by atoms with Gasteiger partial charge in [-0.05, 0) is 5.56 Å². The van der Waals surface area contributed by atoms with E-state index in [1.54, 1.807) is 4.57 Å². The van der Waals surface area contributed by atoms with Crippen LogP contribution in [-0.4, -0.2) is 73.9 Å². The lowest BCUT2D eigenvalue weighted by atomic mass is 10.1. The molecule has 0 spiro atoms. The Morgan fingerprint density at radius 3 is 2.55 bits per heavy atom. The molecule has 3 aromatic rings. The molecule has 4 atom stereocenters. The molecule has 0 saturated carbocycles. The van der Waals surface area contributed by atoms with Crippen LogP contribution in [0.1, 0.15) is 11.8 Å². The predicted octanol–water partition coefficient (Wildman–Crippen LogP) is 0.796. The minimum Gasteiger partial charge on any atom is -0.394 e. The Balaban J connectivity index is 1.79. The summed E-state index contributed by atoms with van der Waals surface area (Å²) in [6.07, 6.45) is -2.80. The Labute approximate surface area is 172 Å². The van der Waals surface area contributed by atoms with Gasteiger partial charge in [0.05, 0.1) is 6.61 Å². The van der Waals surface area contributed by atoms with E-state index in [9.17, 15) is 15.3 Å². The van der Waals surface area contributed by atoms with Crippen LogP contribution in [0, 0.1) is 0 Å². The van der Waals surface area contributed by atoms with Crippen molar-refractivity contribution in [2.75, 3.05) is 25.6 Å². The highest BCUT2D eigenvalue weighted by Crippen LogP contribution is 2.37. The SMILES string of the molecule is CN(C)c1ncnc2c1nc(SCc1ccccc1)n2[C@@H]1O[C@H](CO)[C@@H](O)[C@H]1O. The molecule has 1 aliphatic heterocycles. The molecule has 0 radical (unpaired) electrons. The number of ether oxygens (including phenoxy) is 1. The van der Waals surface area contributed by atoms with Gasteiger partial charge in [0.1, 0.15) is 24.6 Å². The number of nitrogens with zero attached hydrogens (tertiary/aromatic N) is 5. The average Bonchev–Trinajstić information content (AvgIpc) is 3.24. The van der Waals surface area contributed by atoms with E-state index in [0.29, 0.717) is 27.9 Å². The monoisotopic (exact) mass is 417 g/mol. The van der Waals surface area contributed by atoms with Gasteiger partial charge in [0.25, 0.3) is 0 Å². The van der Waals surface area contributed by atoms with Crippen molar-refractivity contribution in [3.8, 4) is 0 Å². The van der Waals surface area contributed by atoms with Gasteiger partial charge in [-0.15, -0.1) is 0 Å². The van der Waals surface area contributed by atoms with E-state index in [-0.39, 0.29) is 0 Å². The van der Waals surface area contributed by atoms with Crippen molar-refractivity contribution >= 4 is 28.7 Å². The molecule has 0 unspecified atom stereocenters. The second kappa shape index (κ2) is 8.25. The fourth-order valence-corrected chi connectivity index (χ4v) is 4.32. The maximum Gasteiger partial charge on any atom is 0.172 e. The molecule has 4 rings (SSSR count). The highest BCUT2D eigenvalue weighted by molar-refractivity contribution is 7.98. The molecular formula is C19H23N5O4S. The molecule has 0 bridgehead atoms. The summed E-state index contributed by atoms with van der Waals surface area (Å²) >= 11 is 1.48. The molecule has 1 saturated heterocycles. The van der Waals surface area contributed by atoms with E-state index in [2.05, 4.69) is 9.97 Å². The Morgan fingerprint density at radius 1 is 1.14 bits per heavy atom. The third-order valence-corrected chi connectivity index (χ3v) is 5.86. The minimum absolute atomic E-state index is 0.397. The van der Waals surface area contributed by atoms with Crippen LogP contribution < -0.4 is 4.90 Å². The number of aliphatic hydroxyl groups excluding tert-OH is 3. The summed E-state index contributed by atoms with van der Waals surface area (Å²) in [5.41, 5.74) is 2.19. The van der Waals surface area contributed by atoms with Crippen molar-refractivity contribution in [3.63, 3.8) is 0 Å². The number of hydrogen-bond donors (Lipinski definition) is 3. The van der Waals surface area contributed by atoms with Gasteiger partial charge in [-0.3, -0.25) is 4.57 Å². The number of rotatable bonds is 6. The van der Waals surface area contributed by atoms with Crippen LogP contribution in [0.3, 0.4) is 0 Å². The molecule has 9 nitrogen and oxygen atoms in total. The van der Waals surface area contributed by atoms with Gasteiger partial charge in [-0.25, -0.2) is 15.0 Å². The van der Waals surface area contributed by atoms with Crippen LogP contribution in [0.4, 0.5) is 5.82 Å². The zero-order valence-electron chi connectivity index (χ0n) is 16.1. The molecule has 1 aromatic carbocycles. The van der Waals surface area contributed by atoms with E-state index in [0.717, 1.165) is 5.56 Å². The summed E-state index contributed by atoms with van der Waals surface area (Å²) in [4.78, 5) is 15.2. The number of hydrogen-bond acceptors (Lipinski definition) is 9. The van der Waals surface area contributed by atoms with Gasteiger partial charge in [0, 0.05) is 19.8 Å². The summed E-state index contributed by atoms with van der Waals surface area (Å²) in [6, 6.07) is 9.96. The molecule has 1 aliphatic rings. The van der Waals surface area contributed by atoms with Gasteiger partial charge in [-0.2, -0.15) is 0 Å². The number of thioether (sulfide) groups is 1. The van der Waals surface area contributed by atoms with Crippen LogP contribution in [-0.2, 0) is 10.5 Å². The van der Waals surface area contributed by atoms with Crippen molar-refractivity contribution in [2.45, 2.75) is 35.4 Å². The third kappa shape index (κ3) is 3.69. The number of anilines is 1. The average molecular weight is 417 g/mol. The molecule has 0 aliphatic carbocycles. The Kier molecular flexibility index (Phi) is 5.70. The molecule has 3 heterocycles. The lowest BCUT2D eigenvalue weighted by Gasteiger charge is -2.19. The summed E-state index contributed by atoms with van der Waals surface area (Å²) in [6.45, 7) is -0.397. The molecule has 10 heteroatoms. The molecule has 2 aromatic heterocycles. The van der Waals surface area contributed by atoms with Crippen LogP contribution in [0.2, 0.25) is 0 Å². The first-order chi connectivity index (χ1) is 14.0. The highest BCUT2D eigenvalue weighted by Gasteiger charge is 2.45. The zero-order valence-corrected chi connectivity index (χ0v) is 16.9. The number of fused-ring (bicyclic) bond motifs is 1. The van der Waals surface area contributed by atoms with Gasteiger partial charge in [0.15, 0.2) is 28.4 Å². The second-order valence-electron chi connectivity index (χ2n) is 7.03. The van der Waals surface area contributed by atoms with Crippen molar-refractivity contribution in [2.24, 2.45) is 0 Å².